The number of thiazole rings is 1. The molecule has 1 fully saturated rings. The van der Waals surface area contributed by atoms with Gasteiger partial charge in [0, 0.05) is 50.7 Å². The molecule has 1 amide bonds. The summed E-state index contributed by atoms with van der Waals surface area (Å²) in [5.74, 6) is 0.554. The van der Waals surface area contributed by atoms with Gasteiger partial charge >= 0.3 is 0 Å². The Kier molecular flexibility index (Phi) is 6.24. The summed E-state index contributed by atoms with van der Waals surface area (Å²) < 4.78 is 8.22. The summed E-state index contributed by atoms with van der Waals surface area (Å²) in [4.78, 5) is 36.2. The first-order chi connectivity index (χ1) is 16.4. The number of aromatic nitrogens is 3. The van der Waals surface area contributed by atoms with Crippen LogP contribution in [0, 0.1) is 0 Å². The number of nitrogens with zero attached hydrogens (tertiary/aromatic N) is 4. The number of hydrogen-bond acceptors (Lipinski definition) is 7. The fraction of sp³-hybridized carbons (Fsp3) is 0.333. The van der Waals surface area contributed by atoms with Crippen LogP contribution in [0.25, 0.3) is 21.3 Å². The summed E-state index contributed by atoms with van der Waals surface area (Å²) >= 11 is 7.58. The zero-order chi connectivity index (χ0) is 23.8. The van der Waals surface area contributed by atoms with E-state index >= 15 is 0 Å². The maximum Gasteiger partial charge on any atom is 0.223 e. The first kappa shape index (κ1) is 22.8. The number of rotatable bonds is 7. The monoisotopic (exact) mass is 497 g/mol. The number of amides is 1. The highest BCUT2D eigenvalue weighted by Crippen LogP contribution is 2.31. The average Bonchev–Trinajstić information content (AvgIpc) is 3.54. The van der Waals surface area contributed by atoms with Crippen molar-refractivity contribution in [1.82, 2.24) is 19.4 Å². The van der Waals surface area contributed by atoms with E-state index in [1.807, 2.05) is 35.9 Å². The number of fused-ring (bicyclic) bond motifs is 2. The van der Waals surface area contributed by atoms with Gasteiger partial charge in [-0.15, -0.1) is 0 Å². The number of anilines is 2. The first-order valence-corrected chi connectivity index (χ1v) is 12.2. The van der Waals surface area contributed by atoms with Crippen LogP contribution in [0.1, 0.15) is 29.6 Å². The third kappa shape index (κ3) is 4.51. The molecule has 0 aliphatic carbocycles. The first-order valence-electron chi connectivity index (χ1n) is 11.0. The molecule has 3 heterocycles. The molecule has 5 rings (SSSR count). The molecular weight excluding hydrogens is 474 g/mol. The second-order valence-corrected chi connectivity index (χ2v) is 9.83. The molecule has 10 heteroatoms. The van der Waals surface area contributed by atoms with Crippen molar-refractivity contribution < 1.29 is 14.3 Å². The molecular formula is C24H24ClN5O3S. The van der Waals surface area contributed by atoms with Crippen LogP contribution in [0.4, 0.5) is 11.1 Å². The number of ketones is 1. The van der Waals surface area contributed by atoms with Crippen molar-refractivity contribution in [1.29, 1.82) is 0 Å². The predicted molar refractivity (Wildman–Crippen MR) is 134 cm³/mol. The zero-order valence-electron chi connectivity index (χ0n) is 18.9. The minimum atomic E-state index is -0.0686. The van der Waals surface area contributed by atoms with Gasteiger partial charge in [-0.25, -0.2) is 9.97 Å². The number of methoxy groups -OCH3 is 1. The Balaban J connectivity index is 1.28. The summed E-state index contributed by atoms with van der Waals surface area (Å²) in [6.45, 7) is 1.28. The zero-order valence-corrected chi connectivity index (χ0v) is 20.4. The summed E-state index contributed by atoms with van der Waals surface area (Å²) in [6, 6.07) is 11.0. The van der Waals surface area contributed by atoms with Gasteiger partial charge in [-0.1, -0.05) is 22.9 Å². The van der Waals surface area contributed by atoms with E-state index in [2.05, 4.69) is 15.3 Å². The second-order valence-electron chi connectivity index (χ2n) is 8.36. The summed E-state index contributed by atoms with van der Waals surface area (Å²) in [5.41, 5.74) is 3.01. The van der Waals surface area contributed by atoms with E-state index in [1.165, 1.54) is 11.3 Å². The number of imidazole rings is 1. The van der Waals surface area contributed by atoms with Crippen LogP contribution in [0.15, 0.2) is 36.4 Å². The van der Waals surface area contributed by atoms with Crippen LogP contribution in [0.2, 0.25) is 5.02 Å². The predicted octanol–water partition coefficient (Wildman–Crippen LogP) is 4.79. The van der Waals surface area contributed by atoms with E-state index < -0.39 is 0 Å². The highest BCUT2D eigenvalue weighted by molar-refractivity contribution is 7.22. The Morgan fingerprint density at radius 2 is 2.03 bits per heavy atom. The summed E-state index contributed by atoms with van der Waals surface area (Å²) in [5, 5.41) is 4.65. The Hall–Kier alpha value is -3.01. The molecule has 0 unspecified atom stereocenters. The second kappa shape index (κ2) is 9.32. The molecule has 1 aliphatic rings. The van der Waals surface area contributed by atoms with Gasteiger partial charge in [0.05, 0.1) is 27.4 Å². The molecule has 1 saturated heterocycles. The maximum absolute atomic E-state index is 12.8. The lowest BCUT2D eigenvalue weighted by Crippen LogP contribution is -2.30. The molecule has 8 nitrogen and oxygen atoms in total. The molecule has 2 aromatic heterocycles. The SMILES string of the molecule is CO[C@H]1CCN(C(=O)CCC(=O)c2ccc3c(c2)nc(Nc2nc4ccc(Cl)cc4s2)n3C)C1. The van der Waals surface area contributed by atoms with E-state index in [1.54, 1.807) is 24.1 Å². The molecule has 0 spiro atoms. The van der Waals surface area contributed by atoms with E-state index in [0.29, 0.717) is 40.3 Å². The molecule has 0 radical (unpaired) electrons. The van der Waals surface area contributed by atoms with Gasteiger partial charge in [0.2, 0.25) is 11.9 Å². The normalized spacial score (nSPS) is 16.0. The number of ether oxygens (including phenoxy) is 1. The lowest BCUT2D eigenvalue weighted by molar-refractivity contribution is -0.130. The molecule has 1 N–H and O–H groups in total. The molecule has 1 atom stereocenters. The van der Waals surface area contributed by atoms with Crippen molar-refractivity contribution in [3.63, 3.8) is 0 Å². The van der Waals surface area contributed by atoms with Crippen molar-refractivity contribution >= 4 is 67.0 Å². The standard InChI is InChI=1S/C24H24ClN5O3S/c1-29-19-6-3-14(20(31)7-8-22(32)30-10-9-16(13-30)33-2)11-18(19)26-23(29)28-24-27-17-5-4-15(25)12-21(17)34-24/h3-6,11-12,16H,7-10,13H2,1-2H3,(H,26,27,28)/t16-/m0/s1. The van der Waals surface area contributed by atoms with Crippen molar-refractivity contribution in [2.45, 2.75) is 25.4 Å². The van der Waals surface area contributed by atoms with Gasteiger partial charge in [0.1, 0.15) is 0 Å². The lowest BCUT2D eigenvalue weighted by atomic mass is 10.1. The van der Waals surface area contributed by atoms with Gasteiger partial charge in [0.15, 0.2) is 10.9 Å². The molecule has 0 saturated carbocycles. The summed E-state index contributed by atoms with van der Waals surface area (Å²) in [6.07, 6.45) is 1.30. The van der Waals surface area contributed by atoms with Gasteiger partial charge in [0.25, 0.3) is 0 Å². The topological polar surface area (TPSA) is 89.3 Å². The maximum atomic E-state index is 12.8. The van der Waals surface area contributed by atoms with Crippen LogP contribution < -0.4 is 5.32 Å². The number of halogens is 1. The highest BCUT2D eigenvalue weighted by Gasteiger charge is 2.26. The number of carbonyl (C=O) groups excluding carboxylic acids is 2. The largest absolute Gasteiger partial charge is 0.380 e. The number of carbonyl (C=O) groups is 2. The minimum Gasteiger partial charge on any atom is -0.380 e. The third-order valence-electron chi connectivity index (χ3n) is 6.17. The number of benzene rings is 2. The van der Waals surface area contributed by atoms with Crippen LogP contribution in [0.5, 0.6) is 0 Å². The smallest absolute Gasteiger partial charge is 0.223 e. The van der Waals surface area contributed by atoms with Crippen LogP contribution in [-0.4, -0.2) is 57.4 Å². The van der Waals surface area contributed by atoms with Crippen molar-refractivity contribution in [3.05, 3.63) is 47.0 Å². The van der Waals surface area contributed by atoms with Crippen molar-refractivity contribution in [2.75, 3.05) is 25.5 Å². The van der Waals surface area contributed by atoms with E-state index in [4.69, 9.17) is 16.3 Å². The molecule has 4 aromatic rings. The van der Waals surface area contributed by atoms with Crippen LogP contribution in [0.3, 0.4) is 0 Å². The number of aryl methyl sites for hydroxylation is 1. The Morgan fingerprint density at radius 1 is 1.18 bits per heavy atom. The molecule has 176 valence electrons. The van der Waals surface area contributed by atoms with Gasteiger partial charge in [-0.3, -0.25) is 9.59 Å². The molecule has 34 heavy (non-hydrogen) atoms. The van der Waals surface area contributed by atoms with Crippen LogP contribution >= 0.6 is 22.9 Å². The lowest BCUT2D eigenvalue weighted by Gasteiger charge is -2.15. The Morgan fingerprint density at radius 3 is 2.82 bits per heavy atom. The van der Waals surface area contributed by atoms with Gasteiger partial charge < -0.3 is 19.5 Å². The van der Waals surface area contributed by atoms with Crippen molar-refractivity contribution in [3.8, 4) is 0 Å². The van der Waals surface area contributed by atoms with Gasteiger partial charge in [-0.05, 0) is 42.8 Å². The quantitative estimate of drug-likeness (QED) is 0.369. The number of hydrogen-bond donors (Lipinski definition) is 1. The fourth-order valence-electron chi connectivity index (χ4n) is 4.20. The molecule has 0 bridgehead atoms. The molecule has 2 aromatic carbocycles. The van der Waals surface area contributed by atoms with Crippen LogP contribution in [-0.2, 0) is 16.6 Å². The van der Waals surface area contributed by atoms with E-state index in [0.717, 1.165) is 22.2 Å². The summed E-state index contributed by atoms with van der Waals surface area (Å²) in [7, 11) is 3.57. The number of likely N-dealkylation sites (tertiary alicyclic amines) is 1. The average molecular weight is 498 g/mol. The Bertz CT molecular complexity index is 1400. The third-order valence-corrected chi connectivity index (χ3v) is 7.34. The number of Topliss-reactive ketones (excluding diaryl/α,β-unsaturated/α-hetero) is 1. The van der Waals surface area contributed by atoms with Gasteiger partial charge in [-0.2, -0.15) is 0 Å². The Labute approximate surface area is 205 Å². The number of nitrogens with one attached hydrogen (secondary N) is 1. The van der Waals surface area contributed by atoms with E-state index in [-0.39, 0.29) is 30.6 Å². The fourth-order valence-corrected chi connectivity index (χ4v) is 5.34. The van der Waals surface area contributed by atoms with Crippen molar-refractivity contribution in [2.24, 2.45) is 7.05 Å². The highest BCUT2D eigenvalue weighted by atomic mass is 35.5. The molecule has 1 aliphatic heterocycles. The minimum absolute atomic E-state index is 0.00424. The van der Waals surface area contributed by atoms with E-state index in [9.17, 15) is 9.59 Å².